The van der Waals surface area contributed by atoms with E-state index in [2.05, 4.69) is 54.8 Å². The maximum Gasteiger partial charge on any atom is 0.472 e. The van der Waals surface area contributed by atoms with Gasteiger partial charge in [0.05, 0.1) is 19.8 Å². The quantitative estimate of drug-likeness (QED) is 0.0236. The molecule has 0 aromatic heterocycles. The van der Waals surface area contributed by atoms with Gasteiger partial charge >= 0.3 is 19.8 Å². The van der Waals surface area contributed by atoms with Crippen LogP contribution in [0.2, 0.25) is 0 Å². The topological polar surface area (TPSA) is 149 Å². The minimum atomic E-state index is -4.62. The lowest BCUT2D eigenvalue weighted by atomic mass is 10.1. The number of esters is 2. The third-order valence-electron chi connectivity index (χ3n) is 9.27. The lowest BCUT2D eigenvalue weighted by Crippen LogP contribution is -2.29. The van der Waals surface area contributed by atoms with Crippen LogP contribution >= 0.6 is 7.82 Å². The van der Waals surface area contributed by atoms with Gasteiger partial charge in [-0.1, -0.05) is 147 Å². The van der Waals surface area contributed by atoms with Crippen molar-refractivity contribution in [3.05, 3.63) is 36.5 Å². The van der Waals surface area contributed by atoms with E-state index in [1.165, 1.54) is 89.9 Å². The molecule has 1 unspecified atom stereocenters. The molecule has 0 spiro atoms. The van der Waals surface area contributed by atoms with Gasteiger partial charge in [-0.15, -0.1) is 0 Å². The molecule has 10 nitrogen and oxygen atoms in total. The first kappa shape index (κ1) is 53.2. The highest BCUT2D eigenvalue weighted by molar-refractivity contribution is 7.47. The second kappa shape index (κ2) is 40.4. The van der Waals surface area contributed by atoms with Crippen LogP contribution in [0.4, 0.5) is 0 Å². The van der Waals surface area contributed by atoms with E-state index in [-0.39, 0.29) is 19.4 Å². The predicted octanol–water partition coefficient (Wildman–Crippen LogP) is 11.6. The highest BCUT2D eigenvalue weighted by Gasteiger charge is 2.27. The number of hydrogen-bond donors (Lipinski definition) is 3. The molecule has 55 heavy (non-hydrogen) atoms. The van der Waals surface area contributed by atoms with Crippen molar-refractivity contribution in [2.45, 2.75) is 206 Å². The second-order valence-electron chi connectivity index (χ2n) is 14.7. The molecule has 0 saturated carbocycles. The molecule has 0 aromatic rings. The Kier molecular flexibility index (Phi) is 39.1. The summed E-state index contributed by atoms with van der Waals surface area (Å²) in [7, 11) is -4.62. The fraction of sp³-hybridized carbons (Fsp3) is 0.818. The standard InChI is InChI=1S/C44H81O10P/c1-3-5-7-9-11-13-15-17-19-20-22-24-26-28-30-32-34-36-44(48)54-42(40-53-55(49,50)52-38-41(46)37-45)39-51-43(47)35-33-31-29-27-25-23-21-18-16-14-12-10-8-6-4-2/h11,13,17,19,23,25,41-42,45-46H,3-10,12,14-16,18,20-22,24,26-40H2,1-2H3,(H,49,50)/b13-11+,19-17+,25-23+/t41-,42+/m0/s1. The fourth-order valence-electron chi connectivity index (χ4n) is 5.84. The van der Waals surface area contributed by atoms with Gasteiger partial charge in [-0.2, -0.15) is 0 Å². The average molecular weight is 801 g/mol. The number of hydrogen-bond acceptors (Lipinski definition) is 9. The summed E-state index contributed by atoms with van der Waals surface area (Å²) in [4.78, 5) is 35.0. The van der Waals surface area contributed by atoms with E-state index < -0.39 is 51.8 Å². The van der Waals surface area contributed by atoms with Gasteiger partial charge < -0.3 is 24.6 Å². The van der Waals surface area contributed by atoms with Crippen molar-refractivity contribution in [3.63, 3.8) is 0 Å². The van der Waals surface area contributed by atoms with Crippen molar-refractivity contribution in [2.24, 2.45) is 0 Å². The van der Waals surface area contributed by atoms with Gasteiger partial charge in [0.1, 0.15) is 12.7 Å². The molecule has 322 valence electrons. The van der Waals surface area contributed by atoms with Gasteiger partial charge in [0.2, 0.25) is 0 Å². The van der Waals surface area contributed by atoms with Crippen molar-refractivity contribution >= 4 is 19.8 Å². The number of phosphoric acid groups is 1. The first-order valence-electron chi connectivity index (χ1n) is 21.9. The van der Waals surface area contributed by atoms with E-state index in [0.29, 0.717) is 12.8 Å². The minimum Gasteiger partial charge on any atom is -0.462 e. The summed E-state index contributed by atoms with van der Waals surface area (Å²) in [5, 5.41) is 18.3. The lowest BCUT2D eigenvalue weighted by molar-refractivity contribution is -0.161. The maximum atomic E-state index is 12.6. The van der Waals surface area contributed by atoms with Crippen LogP contribution in [0.3, 0.4) is 0 Å². The van der Waals surface area contributed by atoms with E-state index >= 15 is 0 Å². The lowest BCUT2D eigenvalue weighted by Gasteiger charge is -2.20. The van der Waals surface area contributed by atoms with E-state index in [1.807, 2.05) is 0 Å². The van der Waals surface area contributed by atoms with Gasteiger partial charge in [0.25, 0.3) is 0 Å². The Morgan fingerprint density at radius 2 is 0.945 bits per heavy atom. The van der Waals surface area contributed by atoms with Crippen molar-refractivity contribution in [3.8, 4) is 0 Å². The summed E-state index contributed by atoms with van der Waals surface area (Å²) in [6.07, 6.45) is 41.0. The van der Waals surface area contributed by atoms with Crippen LogP contribution in [0.15, 0.2) is 36.5 Å². The molecule has 0 radical (unpaired) electrons. The fourth-order valence-corrected chi connectivity index (χ4v) is 6.63. The Morgan fingerprint density at radius 3 is 1.47 bits per heavy atom. The van der Waals surface area contributed by atoms with Crippen LogP contribution < -0.4 is 0 Å². The molecule has 3 atom stereocenters. The van der Waals surface area contributed by atoms with Crippen molar-refractivity contribution in [1.82, 2.24) is 0 Å². The summed E-state index contributed by atoms with van der Waals surface area (Å²) in [5.41, 5.74) is 0. The number of aliphatic hydroxyl groups excluding tert-OH is 2. The van der Waals surface area contributed by atoms with Crippen LogP contribution in [0, 0.1) is 0 Å². The summed E-state index contributed by atoms with van der Waals surface area (Å²) in [6.45, 7) is 2.33. The molecule has 0 saturated heterocycles. The largest absolute Gasteiger partial charge is 0.472 e. The van der Waals surface area contributed by atoms with Crippen LogP contribution in [0.25, 0.3) is 0 Å². The van der Waals surface area contributed by atoms with E-state index in [0.717, 1.165) is 64.2 Å². The van der Waals surface area contributed by atoms with E-state index in [4.69, 9.17) is 19.1 Å². The monoisotopic (exact) mass is 801 g/mol. The molecule has 0 aliphatic heterocycles. The number of ether oxygens (including phenoxy) is 2. The van der Waals surface area contributed by atoms with E-state index in [1.54, 1.807) is 0 Å². The Bertz CT molecular complexity index is 1010. The first-order chi connectivity index (χ1) is 26.7. The van der Waals surface area contributed by atoms with Gasteiger partial charge in [-0.3, -0.25) is 18.6 Å². The van der Waals surface area contributed by atoms with Crippen molar-refractivity contribution in [1.29, 1.82) is 0 Å². The Morgan fingerprint density at radius 1 is 0.545 bits per heavy atom. The van der Waals surface area contributed by atoms with Crippen LogP contribution in [-0.2, 0) is 32.7 Å². The van der Waals surface area contributed by atoms with Crippen molar-refractivity contribution in [2.75, 3.05) is 26.4 Å². The Hall–Kier alpha value is -1.81. The molecular weight excluding hydrogens is 719 g/mol. The highest BCUT2D eigenvalue weighted by Crippen LogP contribution is 2.43. The smallest absolute Gasteiger partial charge is 0.462 e. The third-order valence-corrected chi connectivity index (χ3v) is 10.2. The number of unbranched alkanes of at least 4 members (excludes halogenated alkanes) is 21. The minimum absolute atomic E-state index is 0.172. The number of aliphatic hydroxyl groups is 2. The molecule has 3 N–H and O–H groups in total. The predicted molar refractivity (Wildman–Crippen MR) is 224 cm³/mol. The van der Waals surface area contributed by atoms with Crippen molar-refractivity contribution < 1.29 is 47.8 Å². The number of carbonyl (C=O) groups is 2. The highest BCUT2D eigenvalue weighted by atomic mass is 31.2. The molecule has 0 rings (SSSR count). The van der Waals surface area contributed by atoms with Gasteiger partial charge in [0.15, 0.2) is 6.10 Å². The maximum absolute atomic E-state index is 12.6. The molecule has 0 fully saturated rings. The van der Waals surface area contributed by atoms with Gasteiger partial charge in [0, 0.05) is 12.8 Å². The molecule has 0 bridgehead atoms. The first-order valence-corrected chi connectivity index (χ1v) is 23.4. The Balaban J connectivity index is 4.32. The zero-order chi connectivity index (χ0) is 40.5. The number of allylic oxidation sites excluding steroid dienone is 6. The Labute approximate surface area is 335 Å². The SMILES string of the molecule is CCCCC/C=C/C/C=C/CCCCCCCCCC(=O)O[C@H](COC(=O)CCCCC/C=C/CCCCCCCCCC)COP(=O)(O)OC[C@@H](O)CO. The second-order valence-corrected chi connectivity index (χ2v) is 16.2. The van der Waals surface area contributed by atoms with Crippen LogP contribution in [0.5, 0.6) is 0 Å². The third kappa shape index (κ3) is 40.2. The molecule has 0 aliphatic carbocycles. The molecule has 0 aliphatic rings. The van der Waals surface area contributed by atoms with Gasteiger partial charge in [-0.05, 0) is 70.6 Å². The average Bonchev–Trinajstić information content (AvgIpc) is 3.17. The molecule has 0 heterocycles. The van der Waals surface area contributed by atoms with E-state index in [9.17, 15) is 24.2 Å². The molecular formula is C44H81O10P. The molecule has 0 aromatic carbocycles. The number of carbonyl (C=O) groups excluding carboxylic acids is 2. The van der Waals surface area contributed by atoms with Gasteiger partial charge in [-0.25, -0.2) is 4.57 Å². The molecule has 11 heteroatoms. The van der Waals surface area contributed by atoms with Crippen LogP contribution in [0.1, 0.15) is 194 Å². The normalized spacial score (nSPS) is 14.2. The zero-order valence-electron chi connectivity index (χ0n) is 34.9. The summed E-state index contributed by atoms with van der Waals surface area (Å²) in [5.74, 6) is -0.950. The summed E-state index contributed by atoms with van der Waals surface area (Å²) < 4.78 is 32.7. The number of rotatable bonds is 41. The number of phosphoric ester groups is 1. The summed E-state index contributed by atoms with van der Waals surface area (Å²) in [6, 6.07) is 0. The zero-order valence-corrected chi connectivity index (χ0v) is 35.8. The van der Waals surface area contributed by atoms with Crippen LogP contribution in [-0.4, -0.2) is 65.7 Å². The molecule has 0 amide bonds. The summed E-state index contributed by atoms with van der Waals surface area (Å²) >= 11 is 0.